The maximum atomic E-state index is 3.54. The highest BCUT2D eigenvalue weighted by Gasteiger charge is 2.34. The van der Waals surface area contributed by atoms with Gasteiger partial charge < -0.3 is 5.32 Å². The summed E-state index contributed by atoms with van der Waals surface area (Å²) in [5.41, 5.74) is 0.633. The number of hydrogen-bond acceptors (Lipinski definition) is 1. The molecule has 15 heavy (non-hydrogen) atoms. The monoisotopic (exact) mass is 211 g/mol. The zero-order valence-corrected chi connectivity index (χ0v) is 10.9. The fraction of sp³-hybridized carbons (Fsp3) is 1.00. The Kier molecular flexibility index (Phi) is 5.66. The van der Waals surface area contributed by atoms with E-state index in [0.29, 0.717) is 5.41 Å². The average molecular weight is 211 g/mol. The van der Waals surface area contributed by atoms with Gasteiger partial charge in [-0.15, -0.1) is 0 Å². The first-order valence-corrected chi connectivity index (χ1v) is 6.93. The Morgan fingerprint density at radius 1 is 1.20 bits per heavy atom. The second-order valence-corrected chi connectivity index (χ2v) is 5.52. The lowest BCUT2D eigenvalue weighted by molar-refractivity contribution is 0.110. The second-order valence-electron chi connectivity index (χ2n) is 5.52. The molecule has 1 rings (SSSR count). The Balaban J connectivity index is 2.33. The summed E-state index contributed by atoms with van der Waals surface area (Å²) in [6.45, 7) is 9.65. The molecule has 1 aliphatic rings. The zero-order valence-electron chi connectivity index (χ0n) is 10.9. The van der Waals surface area contributed by atoms with Gasteiger partial charge >= 0.3 is 0 Å². The SMILES string of the molecule is CCCCCCC1(C)CCNCC1CC. The Morgan fingerprint density at radius 2 is 2.00 bits per heavy atom. The second kappa shape index (κ2) is 6.52. The van der Waals surface area contributed by atoms with E-state index in [1.807, 2.05) is 0 Å². The summed E-state index contributed by atoms with van der Waals surface area (Å²) in [7, 11) is 0. The molecule has 2 atom stereocenters. The van der Waals surface area contributed by atoms with Crippen LogP contribution in [-0.4, -0.2) is 13.1 Å². The molecular weight excluding hydrogens is 182 g/mol. The molecule has 90 valence electrons. The zero-order chi connectivity index (χ0) is 11.1. The van der Waals surface area contributed by atoms with Crippen molar-refractivity contribution in [2.75, 3.05) is 13.1 Å². The molecule has 0 aliphatic carbocycles. The molecular formula is C14H29N. The van der Waals surface area contributed by atoms with Crippen LogP contribution in [-0.2, 0) is 0 Å². The van der Waals surface area contributed by atoms with Crippen LogP contribution in [0.15, 0.2) is 0 Å². The van der Waals surface area contributed by atoms with Crippen molar-refractivity contribution in [1.82, 2.24) is 5.32 Å². The van der Waals surface area contributed by atoms with Crippen molar-refractivity contribution in [3.8, 4) is 0 Å². The van der Waals surface area contributed by atoms with Crippen LogP contribution in [0.4, 0.5) is 0 Å². The van der Waals surface area contributed by atoms with Gasteiger partial charge in [-0.05, 0) is 37.3 Å². The molecule has 0 aromatic carbocycles. The number of unbranched alkanes of at least 4 members (excludes halogenated alkanes) is 3. The summed E-state index contributed by atoms with van der Waals surface area (Å²) in [4.78, 5) is 0. The van der Waals surface area contributed by atoms with E-state index < -0.39 is 0 Å². The maximum Gasteiger partial charge on any atom is -0.00154 e. The first-order valence-electron chi connectivity index (χ1n) is 6.93. The largest absolute Gasteiger partial charge is 0.316 e. The molecule has 0 radical (unpaired) electrons. The van der Waals surface area contributed by atoms with Gasteiger partial charge in [0.15, 0.2) is 0 Å². The van der Waals surface area contributed by atoms with Crippen LogP contribution in [0.3, 0.4) is 0 Å². The third-order valence-electron chi connectivity index (χ3n) is 4.34. The molecule has 1 nitrogen and oxygen atoms in total. The molecule has 0 spiro atoms. The standard InChI is InChI=1S/C14H29N/c1-4-6-7-8-9-14(3)10-11-15-12-13(14)5-2/h13,15H,4-12H2,1-3H3. The minimum Gasteiger partial charge on any atom is -0.316 e. The topological polar surface area (TPSA) is 12.0 Å². The summed E-state index contributed by atoms with van der Waals surface area (Å²) >= 11 is 0. The smallest absolute Gasteiger partial charge is 0.00154 e. The van der Waals surface area contributed by atoms with Crippen LogP contribution in [0.1, 0.15) is 65.7 Å². The van der Waals surface area contributed by atoms with E-state index in [4.69, 9.17) is 0 Å². The fourth-order valence-electron chi connectivity index (χ4n) is 3.02. The van der Waals surface area contributed by atoms with Crippen molar-refractivity contribution in [2.24, 2.45) is 11.3 Å². The number of hydrogen-bond donors (Lipinski definition) is 1. The summed E-state index contributed by atoms with van der Waals surface area (Å²) < 4.78 is 0. The van der Waals surface area contributed by atoms with Crippen molar-refractivity contribution in [1.29, 1.82) is 0 Å². The van der Waals surface area contributed by atoms with Crippen molar-refractivity contribution in [2.45, 2.75) is 65.7 Å². The molecule has 1 heterocycles. The molecule has 1 aliphatic heterocycles. The van der Waals surface area contributed by atoms with E-state index >= 15 is 0 Å². The third kappa shape index (κ3) is 3.79. The van der Waals surface area contributed by atoms with Crippen LogP contribution >= 0.6 is 0 Å². The van der Waals surface area contributed by atoms with Gasteiger partial charge in [-0.2, -0.15) is 0 Å². The predicted octanol–water partition coefficient (Wildman–Crippen LogP) is 3.98. The molecule has 0 aromatic rings. The molecule has 1 heteroatoms. The van der Waals surface area contributed by atoms with Gasteiger partial charge in [0.1, 0.15) is 0 Å². The van der Waals surface area contributed by atoms with E-state index in [1.54, 1.807) is 0 Å². The Hall–Kier alpha value is -0.0400. The van der Waals surface area contributed by atoms with Crippen molar-refractivity contribution in [3.63, 3.8) is 0 Å². The highest BCUT2D eigenvalue weighted by atomic mass is 14.9. The van der Waals surface area contributed by atoms with E-state index in [2.05, 4.69) is 26.1 Å². The lowest BCUT2D eigenvalue weighted by Gasteiger charge is -2.42. The number of nitrogens with one attached hydrogen (secondary N) is 1. The first kappa shape index (κ1) is 13.0. The maximum absolute atomic E-state index is 3.54. The van der Waals surface area contributed by atoms with Crippen molar-refractivity contribution < 1.29 is 0 Å². The van der Waals surface area contributed by atoms with Crippen LogP contribution in [0, 0.1) is 11.3 Å². The normalized spacial score (nSPS) is 31.8. The first-order chi connectivity index (χ1) is 7.23. The fourth-order valence-corrected chi connectivity index (χ4v) is 3.02. The lowest BCUT2D eigenvalue weighted by atomic mass is 9.68. The van der Waals surface area contributed by atoms with E-state index in [0.717, 1.165) is 5.92 Å². The molecule has 2 unspecified atom stereocenters. The van der Waals surface area contributed by atoms with Gasteiger partial charge in [0.2, 0.25) is 0 Å². The van der Waals surface area contributed by atoms with Gasteiger partial charge in [-0.3, -0.25) is 0 Å². The van der Waals surface area contributed by atoms with Crippen LogP contribution in [0.2, 0.25) is 0 Å². The van der Waals surface area contributed by atoms with E-state index in [1.165, 1.54) is 58.0 Å². The minimum absolute atomic E-state index is 0.633. The van der Waals surface area contributed by atoms with Gasteiger partial charge in [0.05, 0.1) is 0 Å². The highest BCUT2D eigenvalue weighted by molar-refractivity contribution is 4.87. The molecule has 1 fully saturated rings. The van der Waals surface area contributed by atoms with Crippen LogP contribution in [0.25, 0.3) is 0 Å². The van der Waals surface area contributed by atoms with Gasteiger partial charge in [0.25, 0.3) is 0 Å². The van der Waals surface area contributed by atoms with Crippen LogP contribution < -0.4 is 5.32 Å². The van der Waals surface area contributed by atoms with Crippen LogP contribution in [0.5, 0.6) is 0 Å². The third-order valence-corrected chi connectivity index (χ3v) is 4.34. The van der Waals surface area contributed by atoms with Crippen molar-refractivity contribution >= 4 is 0 Å². The van der Waals surface area contributed by atoms with E-state index in [-0.39, 0.29) is 0 Å². The Labute approximate surface area is 96.0 Å². The molecule has 0 bridgehead atoms. The summed E-state index contributed by atoms with van der Waals surface area (Å²) in [6.07, 6.45) is 9.85. The Bertz CT molecular complexity index is 167. The predicted molar refractivity (Wildman–Crippen MR) is 68.1 cm³/mol. The molecule has 1 saturated heterocycles. The van der Waals surface area contributed by atoms with E-state index in [9.17, 15) is 0 Å². The van der Waals surface area contributed by atoms with Gasteiger partial charge in [-0.1, -0.05) is 52.9 Å². The minimum atomic E-state index is 0.633. The molecule has 1 N–H and O–H groups in total. The highest BCUT2D eigenvalue weighted by Crippen LogP contribution is 2.40. The average Bonchev–Trinajstić information content (AvgIpc) is 2.25. The molecule has 0 amide bonds. The summed E-state index contributed by atoms with van der Waals surface area (Å²) in [6, 6.07) is 0. The number of rotatable bonds is 6. The Morgan fingerprint density at radius 3 is 2.67 bits per heavy atom. The van der Waals surface area contributed by atoms with Gasteiger partial charge in [-0.25, -0.2) is 0 Å². The number of piperidine rings is 1. The molecule has 0 aromatic heterocycles. The lowest BCUT2D eigenvalue weighted by Crippen LogP contribution is -2.43. The van der Waals surface area contributed by atoms with Crippen molar-refractivity contribution in [3.05, 3.63) is 0 Å². The van der Waals surface area contributed by atoms with Gasteiger partial charge in [0, 0.05) is 0 Å². The summed E-state index contributed by atoms with van der Waals surface area (Å²) in [5.74, 6) is 0.910. The molecule has 0 saturated carbocycles. The quantitative estimate of drug-likeness (QED) is 0.655. The summed E-state index contributed by atoms with van der Waals surface area (Å²) in [5, 5.41) is 3.54.